The summed E-state index contributed by atoms with van der Waals surface area (Å²) in [5.74, 6) is 1.69. The monoisotopic (exact) mass is 339 g/mol. The van der Waals surface area contributed by atoms with E-state index in [9.17, 15) is 0 Å². The summed E-state index contributed by atoms with van der Waals surface area (Å²) in [4.78, 5) is 3.27. The third kappa shape index (κ3) is 4.35. The second-order valence-corrected chi connectivity index (χ2v) is 7.16. The van der Waals surface area contributed by atoms with Crippen molar-refractivity contribution in [1.82, 2.24) is 4.90 Å². The molecule has 0 atom stereocenters. The van der Waals surface area contributed by atoms with Gasteiger partial charge in [0.05, 0.1) is 0 Å². The standard InChI is InChI=1S/C21H25NOS/c1-16-6-8-18(9-7-16)15-23-20-5-3-4-19(14-20)21(24)22-12-10-17(2)11-13-22/h3-9,14,17H,10-13,15H2,1-2H3. The molecule has 0 aromatic heterocycles. The molecule has 1 aliphatic rings. The summed E-state index contributed by atoms with van der Waals surface area (Å²) in [5.41, 5.74) is 3.53. The van der Waals surface area contributed by atoms with E-state index in [4.69, 9.17) is 17.0 Å². The number of likely N-dealkylation sites (tertiary alicyclic amines) is 1. The average molecular weight is 340 g/mol. The van der Waals surface area contributed by atoms with Gasteiger partial charge in [0, 0.05) is 18.7 Å². The zero-order valence-corrected chi connectivity index (χ0v) is 15.3. The van der Waals surface area contributed by atoms with Crippen LogP contribution in [0.5, 0.6) is 5.75 Å². The molecule has 0 radical (unpaired) electrons. The van der Waals surface area contributed by atoms with Gasteiger partial charge in [0.25, 0.3) is 0 Å². The Balaban J connectivity index is 1.63. The van der Waals surface area contributed by atoms with Gasteiger partial charge in [-0.05, 0) is 43.4 Å². The predicted octanol–water partition coefficient (Wildman–Crippen LogP) is 4.98. The van der Waals surface area contributed by atoms with Crippen molar-refractivity contribution in [3.8, 4) is 5.75 Å². The van der Waals surface area contributed by atoms with E-state index in [2.05, 4.69) is 55.1 Å². The molecule has 2 nitrogen and oxygen atoms in total. The van der Waals surface area contributed by atoms with Crippen LogP contribution in [0, 0.1) is 12.8 Å². The van der Waals surface area contributed by atoms with Crippen LogP contribution >= 0.6 is 12.2 Å². The number of aryl methyl sites for hydroxylation is 1. The van der Waals surface area contributed by atoms with Gasteiger partial charge >= 0.3 is 0 Å². The van der Waals surface area contributed by atoms with E-state index in [1.54, 1.807) is 0 Å². The van der Waals surface area contributed by atoms with Gasteiger partial charge < -0.3 is 9.64 Å². The highest BCUT2D eigenvalue weighted by atomic mass is 32.1. The highest BCUT2D eigenvalue weighted by molar-refractivity contribution is 7.80. The number of thiocarbonyl (C=S) groups is 1. The molecule has 1 heterocycles. The van der Waals surface area contributed by atoms with Crippen molar-refractivity contribution < 1.29 is 4.74 Å². The molecule has 1 fully saturated rings. The highest BCUT2D eigenvalue weighted by Gasteiger charge is 2.19. The highest BCUT2D eigenvalue weighted by Crippen LogP contribution is 2.21. The number of ether oxygens (including phenoxy) is 1. The van der Waals surface area contributed by atoms with Gasteiger partial charge in [0.15, 0.2) is 0 Å². The van der Waals surface area contributed by atoms with Crippen molar-refractivity contribution in [2.45, 2.75) is 33.3 Å². The summed E-state index contributed by atoms with van der Waals surface area (Å²) in [7, 11) is 0. The van der Waals surface area contributed by atoms with Gasteiger partial charge in [-0.3, -0.25) is 0 Å². The van der Waals surface area contributed by atoms with Gasteiger partial charge in [-0.25, -0.2) is 0 Å². The molecule has 1 saturated heterocycles. The van der Waals surface area contributed by atoms with Crippen molar-refractivity contribution in [1.29, 1.82) is 0 Å². The summed E-state index contributed by atoms with van der Waals surface area (Å²) in [5, 5.41) is 0. The van der Waals surface area contributed by atoms with Gasteiger partial charge in [-0.2, -0.15) is 0 Å². The van der Waals surface area contributed by atoms with Gasteiger partial charge in [0.2, 0.25) is 0 Å². The summed E-state index contributed by atoms with van der Waals surface area (Å²) in [6.07, 6.45) is 2.45. The van der Waals surface area contributed by atoms with Gasteiger partial charge in [0.1, 0.15) is 17.3 Å². The van der Waals surface area contributed by atoms with Crippen LogP contribution in [-0.2, 0) is 6.61 Å². The lowest BCUT2D eigenvalue weighted by molar-refractivity contribution is 0.284. The van der Waals surface area contributed by atoms with Gasteiger partial charge in [-0.15, -0.1) is 0 Å². The number of benzene rings is 2. The van der Waals surface area contributed by atoms with Crippen LogP contribution in [0.2, 0.25) is 0 Å². The smallest absolute Gasteiger partial charge is 0.120 e. The molecule has 24 heavy (non-hydrogen) atoms. The van der Waals surface area contributed by atoms with Crippen molar-refractivity contribution in [3.05, 3.63) is 65.2 Å². The van der Waals surface area contributed by atoms with E-state index < -0.39 is 0 Å². The first-order valence-corrected chi connectivity index (χ1v) is 9.10. The van der Waals surface area contributed by atoms with Crippen LogP contribution in [0.25, 0.3) is 0 Å². The van der Waals surface area contributed by atoms with Crippen molar-refractivity contribution >= 4 is 17.2 Å². The number of rotatable bonds is 4. The number of piperidine rings is 1. The maximum atomic E-state index is 5.95. The molecule has 0 unspecified atom stereocenters. The maximum absolute atomic E-state index is 5.95. The SMILES string of the molecule is Cc1ccc(COc2cccc(C(=S)N3CCC(C)CC3)c2)cc1. The molecular formula is C21H25NOS. The summed E-state index contributed by atoms with van der Waals surface area (Å²) < 4.78 is 5.95. The first-order valence-electron chi connectivity index (χ1n) is 8.69. The molecule has 3 heteroatoms. The lowest BCUT2D eigenvalue weighted by Crippen LogP contribution is -2.37. The Hall–Kier alpha value is -1.87. The Morgan fingerprint density at radius 2 is 1.83 bits per heavy atom. The zero-order valence-electron chi connectivity index (χ0n) is 14.5. The molecule has 0 aliphatic carbocycles. The van der Waals surface area contributed by atoms with Crippen LogP contribution in [0.4, 0.5) is 0 Å². The van der Waals surface area contributed by atoms with E-state index in [0.29, 0.717) is 6.61 Å². The van der Waals surface area contributed by atoms with Crippen LogP contribution in [0.3, 0.4) is 0 Å². The molecule has 126 valence electrons. The lowest BCUT2D eigenvalue weighted by Gasteiger charge is -2.32. The minimum absolute atomic E-state index is 0.581. The molecule has 3 rings (SSSR count). The van der Waals surface area contributed by atoms with Crippen molar-refractivity contribution in [2.75, 3.05) is 13.1 Å². The molecule has 1 aliphatic heterocycles. The Kier molecular flexibility index (Phi) is 5.52. The largest absolute Gasteiger partial charge is 0.489 e. The average Bonchev–Trinajstić information content (AvgIpc) is 2.61. The second-order valence-electron chi connectivity index (χ2n) is 6.78. The van der Waals surface area contributed by atoms with Crippen LogP contribution in [0.1, 0.15) is 36.5 Å². The minimum Gasteiger partial charge on any atom is -0.489 e. The predicted molar refractivity (Wildman–Crippen MR) is 104 cm³/mol. The normalized spacial score (nSPS) is 15.3. The quantitative estimate of drug-likeness (QED) is 0.729. The maximum Gasteiger partial charge on any atom is 0.120 e. The molecule has 0 spiro atoms. The molecule has 2 aromatic carbocycles. The zero-order chi connectivity index (χ0) is 16.9. The van der Waals surface area contributed by atoms with E-state index in [1.165, 1.54) is 24.0 Å². The number of hydrogen-bond acceptors (Lipinski definition) is 2. The van der Waals surface area contributed by atoms with Crippen LogP contribution < -0.4 is 4.74 Å². The number of nitrogens with zero attached hydrogens (tertiary/aromatic N) is 1. The lowest BCUT2D eigenvalue weighted by atomic mass is 9.99. The van der Waals surface area contributed by atoms with E-state index in [1.807, 2.05) is 12.1 Å². The van der Waals surface area contributed by atoms with Crippen LogP contribution in [-0.4, -0.2) is 23.0 Å². The number of hydrogen-bond donors (Lipinski definition) is 0. The van der Waals surface area contributed by atoms with Crippen molar-refractivity contribution in [3.63, 3.8) is 0 Å². The Morgan fingerprint density at radius 1 is 1.12 bits per heavy atom. The fraction of sp³-hybridized carbons (Fsp3) is 0.381. The van der Waals surface area contributed by atoms with Gasteiger partial charge in [-0.1, -0.05) is 61.1 Å². The van der Waals surface area contributed by atoms with Crippen molar-refractivity contribution in [2.24, 2.45) is 5.92 Å². The topological polar surface area (TPSA) is 12.5 Å². The fourth-order valence-electron chi connectivity index (χ4n) is 2.96. The third-order valence-corrected chi connectivity index (χ3v) is 5.17. The fourth-order valence-corrected chi connectivity index (χ4v) is 3.27. The Labute approximate surface area is 150 Å². The second kappa shape index (κ2) is 7.80. The summed E-state index contributed by atoms with van der Waals surface area (Å²) in [6.45, 7) is 7.12. The molecule has 0 bridgehead atoms. The molecule has 2 aromatic rings. The summed E-state index contributed by atoms with van der Waals surface area (Å²) in [6, 6.07) is 16.6. The van der Waals surface area contributed by atoms with Crippen LogP contribution in [0.15, 0.2) is 48.5 Å². The molecular weight excluding hydrogens is 314 g/mol. The molecule has 0 N–H and O–H groups in total. The molecule has 0 amide bonds. The van der Waals surface area contributed by atoms with E-state index in [-0.39, 0.29) is 0 Å². The Bertz CT molecular complexity index is 687. The van der Waals surface area contributed by atoms with E-state index in [0.717, 1.165) is 35.3 Å². The first kappa shape index (κ1) is 17.0. The first-order chi connectivity index (χ1) is 11.6. The Morgan fingerprint density at radius 3 is 2.54 bits per heavy atom. The summed E-state index contributed by atoms with van der Waals surface area (Å²) >= 11 is 5.70. The minimum atomic E-state index is 0.581. The molecule has 0 saturated carbocycles. The van der Waals surface area contributed by atoms with E-state index >= 15 is 0 Å². The third-order valence-electron chi connectivity index (χ3n) is 4.68.